The molecule has 2 fully saturated rings. The van der Waals surface area contributed by atoms with Gasteiger partial charge in [0.1, 0.15) is 0 Å². The first-order valence-corrected chi connectivity index (χ1v) is 7.12. The van der Waals surface area contributed by atoms with Crippen LogP contribution in [0.2, 0.25) is 0 Å². The maximum atomic E-state index is 6.09. The lowest BCUT2D eigenvalue weighted by Gasteiger charge is -2.36. The van der Waals surface area contributed by atoms with E-state index in [9.17, 15) is 0 Å². The van der Waals surface area contributed by atoms with Gasteiger partial charge in [0.05, 0.1) is 0 Å². The van der Waals surface area contributed by atoms with Crippen molar-refractivity contribution in [3.63, 3.8) is 0 Å². The number of hydrogen-bond acceptors (Lipinski definition) is 2. The molecule has 2 rings (SSSR count). The van der Waals surface area contributed by atoms with Crippen molar-refractivity contribution < 1.29 is 4.74 Å². The van der Waals surface area contributed by atoms with Crippen LogP contribution in [-0.2, 0) is 4.74 Å². The van der Waals surface area contributed by atoms with Gasteiger partial charge in [-0.05, 0) is 50.0 Å². The topological polar surface area (TPSA) is 35.2 Å². The standard InChI is InChI=1S/C14H27NO/c15-12-14(7-3-1-2-4-8-14)11-13-5-9-16-10-6-13/h13H,1-12,15H2. The van der Waals surface area contributed by atoms with Crippen molar-refractivity contribution in [1.29, 1.82) is 0 Å². The molecule has 2 nitrogen and oxygen atoms in total. The number of nitrogens with two attached hydrogens (primary N) is 1. The Hall–Kier alpha value is -0.0800. The summed E-state index contributed by atoms with van der Waals surface area (Å²) in [6, 6.07) is 0. The van der Waals surface area contributed by atoms with Crippen LogP contribution in [0.25, 0.3) is 0 Å². The first-order valence-electron chi connectivity index (χ1n) is 7.12. The highest BCUT2D eigenvalue weighted by molar-refractivity contribution is 4.85. The van der Waals surface area contributed by atoms with E-state index in [1.165, 1.54) is 57.8 Å². The summed E-state index contributed by atoms with van der Waals surface area (Å²) in [7, 11) is 0. The summed E-state index contributed by atoms with van der Waals surface area (Å²) < 4.78 is 5.45. The van der Waals surface area contributed by atoms with Gasteiger partial charge >= 0.3 is 0 Å². The normalized spacial score (nSPS) is 27.6. The van der Waals surface area contributed by atoms with Crippen molar-refractivity contribution in [2.75, 3.05) is 19.8 Å². The lowest BCUT2D eigenvalue weighted by molar-refractivity contribution is 0.0445. The van der Waals surface area contributed by atoms with Gasteiger partial charge in [-0.3, -0.25) is 0 Å². The minimum absolute atomic E-state index is 0.485. The highest BCUT2D eigenvalue weighted by Gasteiger charge is 2.32. The van der Waals surface area contributed by atoms with Crippen LogP contribution in [0.1, 0.15) is 57.8 Å². The molecule has 0 radical (unpaired) electrons. The Balaban J connectivity index is 1.90. The fourth-order valence-electron chi connectivity index (χ4n) is 3.53. The first kappa shape index (κ1) is 12.4. The molecule has 0 bridgehead atoms. The van der Waals surface area contributed by atoms with E-state index in [1.807, 2.05) is 0 Å². The second kappa shape index (κ2) is 6.02. The minimum Gasteiger partial charge on any atom is -0.381 e. The van der Waals surface area contributed by atoms with E-state index in [0.717, 1.165) is 25.7 Å². The second-order valence-corrected chi connectivity index (χ2v) is 5.88. The van der Waals surface area contributed by atoms with E-state index in [0.29, 0.717) is 5.41 Å². The molecule has 0 spiro atoms. The monoisotopic (exact) mass is 225 g/mol. The quantitative estimate of drug-likeness (QED) is 0.749. The van der Waals surface area contributed by atoms with E-state index < -0.39 is 0 Å². The highest BCUT2D eigenvalue weighted by Crippen LogP contribution is 2.41. The molecule has 0 amide bonds. The molecule has 1 saturated heterocycles. The lowest BCUT2D eigenvalue weighted by Crippen LogP contribution is -2.34. The summed E-state index contributed by atoms with van der Waals surface area (Å²) in [6.45, 7) is 2.86. The molecular formula is C14H27NO. The minimum atomic E-state index is 0.485. The van der Waals surface area contributed by atoms with Crippen molar-refractivity contribution in [1.82, 2.24) is 0 Å². The SMILES string of the molecule is NCC1(CC2CCOCC2)CCCCCC1. The molecule has 0 aromatic carbocycles. The van der Waals surface area contributed by atoms with Crippen LogP contribution in [0.4, 0.5) is 0 Å². The fourth-order valence-corrected chi connectivity index (χ4v) is 3.53. The predicted octanol–water partition coefficient (Wildman–Crippen LogP) is 3.10. The van der Waals surface area contributed by atoms with Gasteiger partial charge < -0.3 is 10.5 Å². The molecule has 0 atom stereocenters. The molecule has 16 heavy (non-hydrogen) atoms. The molecule has 2 heteroatoms. The largest absolute Gasteiger partial charge is 0.381 e. The van der Waals surface area contributed by atoms with Crippen LogP contribution in [0, 0.1) is 11.3 Å². The molecule has 0 unspecified atom stereocenters. The third-order valence-electron chi connectivity index (χ3n) is 4.66. The van der Waals surface area contributed by atoms with Gasteiger partial charge in [-0.1, -0.05) is 25.7 Å². The third-order valence-corrected chi connectivity index (χ3v) is 4.66. The molecule has 94 valence electrons. The van der Waals surface area contributed by atoms with Crippen LogP contribution in [-0.4, -0.2) is 19.8 Å². The van der Waals surface area contributed by atoms with Crippen LogP contribution in [0.15, 0.2) is 0 Å². The Morgan fingerprint density at radius 1 is 1.00 bits per heavy atom. The van der Waals surface area contributed by atoms with E-state index in [-0.39, 0.29) is 0 Å². The summed E-state index contributed by atoms with van der Waals surface area (Å²) in [5.74, 6) is 0.885. The Morgan fingerprint density at radius 3 is 2.19 bits per heavy atom. The van der Waals surface area contributed by atoms with Crippen LogP contribution in [0.5, 0.6) is 0 Å². The van der Waals surface area contributed by atoms with Crippen LogP contribution in [0.3, 0.4) is 0 Å². The predicted molar refractivity (Wildman–Crippen MR) is 67.3 cm³/mol. The van der Waals surface area contributed by atoms with Gasteiger partial charge in [-0.15, -0.1) is 0 Å². The third kappa shape index (κ3) is 3.21. The average molecular weight is 225 g/mol. The van der Waals surface area contributed by atoms with Crippen molar-refractivity contribution >= 4 is 0 Å². The van der Waals surface area contributed by atoms with Crippen LogP contribution < -0.4 is 5.73 Å². The van der Waals surface area contributed by atoms with Crippen molar-refractivity contribution in [3.05, 3.63) is 0 Å². The summed E-state index contributed by atoms with van der Waals surface area (Å²) in [5.41, 5.74) is 6.58. The summed E-state index contributed by atoms with van der Waals surface area (Å²) in [4.78, 5) is 0. The van der Waals surface area contributed by atoms with Gasteiger partial charge in [-0.2, -0.15) is 0 Å². The molecule has 0 aromatic rings. The van der Waals surface area contributed by atoms with Crippen LogP contribution >= 0.6 is 0 Å². The summed E-state index contributed by atoms with van der Waals surface area (Å²) in [5, 5.41) is 0. The molecule has 1 saturated carbocycles. The van der Waals surface area contributed by atoms with Gasteiger partial charge in [0.25, 0.3) is 0 Å². The Labute approximate surface area is 99.9 Å². The molecule has 1 aliphatic heterocycles. The fraction of sp³-hybridized carbons (Fsp3) is 1.00. The van der Waals surface area contributed by atoms with Crippen molar-refractivity contribution in [2.24, 2.45) is 17.1 Å². The Bertz CT molecular complexity index is 191. The zero-order valence-electron chi connectivity index (χ0n) is 10.5. The number of rotatable bonds is 3. The van der Waals surface area contributed by atoms with Gasteiger partial charge in [-0.25, -0.2) is 0 Å². The Morgan fingerprint density at radius 2 is 1.62 bits per heavy atom. The molecule has 0 aromatic heterocycles. The average Bonchev–Trinajstić information content (AvgIpc) is 2.57. The second-order valence-electron chi connectivity index (χ2n) is 5.88. The van der Waals surface area contributed by atoms with Crippen molar-refractivity contribution in [2.45, 2.75) is 57.8 Å². The molecule has 1 aliphatic carbocycles. The first-order chi connectivity index (χ1) is 7.85. The molecule has 2 aliphatic rings. The van der Waals surface area contributed by atoms with E-state index >= 15 is 0 Å². The highest BCUT2D eigenvalue weighted by atomic mass is 16.5. The maximum absolute atomic E-state index is 6.09. The van der Waals surface area contributed by atoms with E-state index in [4.69, 9.17) is 10.5 Å². The van der Waals surface area contributed by atoms with Gasteiger partial charge in [0, 0.05) is 13.2 Å². The maximum Gasteiger partial charge on any atom is 0.0468 e. The molecule has 2 N–H and O–H groups in total. The van der Waals surface area contributed by atoms with E-state index in [1.54, 1.807) is 0 Å². The van der Waals surface area contributed by atoms with E-state index in [2.05, 4.69) is 0 Å². The summed E-state index contributed by atoms with van der Waals surface area (Å²) in [6.07, 6.45) is 12.3. The van der Waals surface area contributed by atoms with Gasteiger partial charge in [0.2, 0.25) is 0 Å². The zero-order chi connectivity index (χ0) is 11.3. The van der Waals surface area contributed by atoms with Crippen molar-refractivity contribution in [3.8, 4) is 0 Å². The number of hydrogen-bond donors (Lipinski definition) is 1. The summed E-state index contributed by atoms with van der Waals surface area (Å²) >= 11 is 0. The smallest absolute Gasteiger partial charge is 0.0468 e. The zero-order valence-corrected chi connectivity index (χ0v) is 10.5. The molecular weight excluding hydrogens is 198 g/mol. The van der Waals surface area contributed by atoms with Gasteiger partial charge in [0.15, 0.2) is 0 Å². The number of ether oxygens (including phenoxy) is 1. The Kier molecular flexibility index (Phi) is 4.66. The lowest BCUT2D eigenvalue weighted by atomic mass is 9.72. The molecule has 1 heterocycles.